The molecule has 5 atom stereocenters. The van der Waals surface area contributed by atoms with Crippen molar-refractivity contribution in [1.29, 1.82) is 0 Å². The zero-order valence-electron chi connectivity index (χ0n) is 15.2. The van der Waals surface area contributed by atoms with Gasteiger partial charge < -0.3 is 34.6 Å². The summed E-state index contributed by atoms with van der Waals surface area (Å²) < 4.78 is 15.7. The van der Waals surface area contributed by atoms with E-state index in [1.807, 2.05) is 0 Å². The summed E-state index contributed by atoms with van der Waals surface area (Å²) in [5, 5.41) is 38.6. The molecule has 1 heterocycles. The monoisotopic (exact) mass is 384 g/mol. The normalized spacial score (nSPS) is 28.0. The van der Waals surface area contributed by atoms with Crippen LogP contribution < -0.4 is 4.74 Å². The molecule has 150 valence electrons. The largest absolute Gasteiger partial charge is 0.479 e. The molecule has 0 saturated carbocycles. The molecular weight excluding hydrogens is 360 g/mol. The highest BCUT2D eigenvalue weighted by molar-refractivity contribution is 5.73. The van der Waals surface area contributed by atoms with Gasteiger partial charge >= 0.3 is 11.9 Å². The summed E-state index contributed by atoms with van der Waals surface area (Å²) in [5.41, 5.74) is 1.34. The number of carboxylic acids is 1. The number of esters is 1. The molecule has 4 N–H and O–H groups in total. The molecule has 9 nitrogen and oxygen atoms in total. The Kier molecular flexibility index (Phi) is 6.77. The Morgan fingerprint density at radius 3 is 2.37 bits per heavy atom. The van der Waals surface area contributed by atoms with Gasteiger partial charge in [-0.15, -0.1) is 0 Å². The fraction of sp³-hybridized carbons (Fsp3) is 0.556. The Balaban J connectivity index is 2.08. The molecule has 1 aromatic rings. The number of benzene rings is 1. The summed E-state index contributed by atoms with van der Waals surface area (Å²) in [5.74, 6) is -1.76. The maximum atomic E-state index is 11.5. The second-order valence-corrected chi connectivity index (χ2v) is 6.72. The van der Waals surface area contributed by atoms with Gasteiger partial charge in [-0.25, -0.2) is 4.79 Å². The van der Waals surface area contributed by atoms with Crippen molar-refractivity contribution < 1.29 is 44.2 Å². The molecule has 0 radical (unpaired) electrons. The minimum Gasteiger partial charge on any atom is -0.479 e. The molecule has 0 bridgehead atoms. The van der Waals surface area contributed by atoms with Crippen LogP contribution >= 0.6 is 0 Å². The highest BCUT2D eigenvalue weighted by atomic mass is 16.7. The molecule has 1 saturated heterocycles. The average molecular weight is 384 g/mol. The number of ether oxygens (including phenoxy) is 3. The van der Waals surface area contributed by atoms with E-state index in [-0.39, 0.29) is 24.2 Å². The first-order valence-corrected chi connectivity index (χ1v) is 8.47. The summed E-state index contributed by atoms with van der Waals surface area (Å²) in [6, 6.07) is 4.90. The molecule has 0 amide bonds. The first kappa shape index (κ1) is 21.1. The number of carbonyl (C=O) groups is 2. The topological polar surface area (TPSA) is 143 Å². The molecule has 2 rings (SSSR count). The zero-order valence-corrected chi connectivity index (χ0v) is 15.2. The van der Waals surface area contributed by atoms with Crippen LogP contribution in [0.5, 0.6) is 5.75 Å². The van der Waals surface area contributed by atoms with Crippen molar-refractivity contribution in [1.82, 2.24) is 0 Å². The molecule has 27 heavy (non-hydrogen) atoms. The molecule has 1 aliphatic heterocycles. The van der Waals surface area contributed by atoms with E-state index >= 15 is 0 Å². The minimum atomic E-state index is -1.78. The second kappa shape index (κ2) is 8.66. The van der Waals surface area contributed by atoms with Gasteiger partial charge in [-0.2, -0.15) is 0 Å². The highest BCUT2D eigenvalue weighted by Crippen LogP contribution is 2.27. The van der Waals surface area contributed by atoms with E-state index in [1.54, 1.807) is 39.0 Å². The number of hydrogen-bond donors (Lipinski definition) is 4. The van der Waals surface area contributed by atoms with Crippen molar-refractivity contribution >= 4 is 11.9 Å². The Morgan fingerprint density at radius 1 is 1.15 bits per heavy atom. The average Bonchev–Trinajstić information content (AvgIpc) is 2.61. The van der Waals surface area contributed by atoms with Crippen molar-refractivity contribution in [3.8, 4) is 5.75 Å². The Labute approximate surface area is 156 Å². The predicted octanol–water partition coefficient (Wildman–Crippen LogP) is -0.0348. The van der Waals surface area contributed by atoms with E-state index in [1.165, 1.54) is 0 Å². The van der Waals surface area contributed by atoms with Crippen LogP contribution in [0, 0.1) is 12.8 Å². The quantitative estimate of drug-likeness (QED) is 0.497. The lowest BCUT2D eigenvalue weighted by Gasteiger charge is -2.38. The van der Waals surface area contributed by atoms with Gasteiger partial charge in [-0.05, 0) is 30.2 Å². The summed E-state index contributed by atoms with van der Waals surface area (Å²) >= 11 is 0. The Morgan fingerprint density at radius 2 is 1.81 bits per heavy atom. The molecule has 9 heteroatoms. The fourth-order valence-corrected chi connectivity index (χ4v) is 2.53. The van der Waals surface area contributed by atoms with Gasteiger partial charge in [0.1, 0.15) is 30.7 Å². The van der Waals surface area contributed by atoms with Crippen molar-refractivity contribution in [3.05, 3.63) is 29.3 Å². The molecule has 1 aromatic carbocycles. The number of aliphatic hydroxyl groups is 3. The van der Waals surface area contributed by atoms with E-state index in [9.17, 15) is 24.9 Å². The van der Waals surface area contributed by atoms with Crippen molar-refractivity contribution in [2.75, 3.05) is 0 Å². The van der Waals surface area contributed by atoms with Gasteiger partial charge in [-0.1, -0.05) is 19.9 Å². The van der Waals surface area contributed by atoms with E-state index in [2.05, 4.69) is 0 Å². The number of aliphatic carboxylic acids is 1. The number of carboxylic acid groups (broad SMARTS) is 1. The van der Waals surface area contributed by atoms with Gasteiger partial charge in [0.05, 0.1) is 5.92 Å². The Hall–Kier alpha value is -2.20. The maximum absolute atomic E-state index is 11.5. The fourth-order valence-electron chi connectivity index (χ4n) is 2.53. The van der Waals surface area contributed by atoms with Crippen LogP contribution in [-0.4, -0.2) is 63.1 Å². The third-order valence-corrected chi connectivity index (χ3v) is 4.15. The van der Waals surface area contributed by atoms with E-state index in [0.29, 0.717) is 5.56 Å². The molecular formula is C18H24O9. The van der Waals surface area contributed by atoms with Gasteiger partial charge in [0.2, 0.25) is 6.29 Å². The first-order chi connectivity index (χ1) is 12.6. The SMILES string of the molecule is Cc1cc(COC(=O)C(C)C)ccc1O[C@H]1O[C@H](C(=O)O)C(O)[C@H](O)[C@H]1O. The van der Waals surface area contributed by atoms with Crippen LogP contribution in [0.3, 0.4) is 0 Å². The standard InChI is InChI=1S/C18H24O9/c1-8(2)17(24)25-7-10-4-5-11(9(3)6-10)26-18-14(21)12(19)13(20)15(27-18)16(22)23/h4-6,8,12-15,18-21H,7H2,1-3H3,(H,22,23)/t12-,13?,14+,15-,18-/m0/s1. The van der Waals surface area contributed by atoms with Crippen molar-refractivity contribution in [2.45, 2.75) is 58.1 Å². The van der Waals surface area contributed by atoms with Gasteiger partial charge in [0.15, 0.2) is 6.10 Å². The molecule has 1 fully saturated rings. The van der Waals surface area contributed by atoms with Crippen LogP contribution in [0.25, 0.3) is 0 Å². The van der Waals surface area contributed by atoms with Crippen LogP contribution in [0.15, 0.2) is 18.2 Å². The van der Waals surface area contributed by atoms with E-state index in [0.717, 1.165) is 5.56 Å². The third-order valence-electron chi connectivity index (χ3n) is 4.15. The van der Waals surface area contributed by atoms with Crippen LogP contribution in [0.4, 0.5) is 0 Å². The molecule has 0 spiro atoms. The summed E-state index contributed by atoms with van der Waals surface area (Å²) in [6.07, 6.45) is -8.37. The van der Waals surface area contributed by atoms with Crippen molar-refractivity contribution in [3.63, 3.8) is 0 Å². The first-order valence-electron chi connectivity index (χ1n) is 8.47. The molecule has 0 aliphatic carbocycles. The summed E-state index contributed by atoms with van der Waals surface area (Å²) in [4.78, 5) is 22.7. The zero-order chi connectivity index (χ0) is 20.3. The second-order valence-electron chi connectivity index (χ2n) is 6.72. The van der Waals surface area contributed by atoms with Crippen molar-refractivity contribution in [2.24, 2.45) is 5.92 Å². The Bertz CT molecular complexity index is 687. The summed E-state index contributed by atoms with van der Waals surface area (Å²) in [6.45, 7) is 5.26. The lowest BCUT2D eigenvalue weighted by atomic mass is 9.99. The van der Waals surface area contributed by atoms with Gasteiger partial charge in [0.25, 0.3) is 0 Å². The smallest absolute Gasteiger partial charge is 0.335 e. The predicted molar refractivity (Wildman–Crippen MR) is 90.8 cm³/mol. The number of rotatable bonds is 6. The molecule has 1 aliphatic rings. The van der Waals surface area contributed by atoms with E-state index < -0.39 is 36.7 Å². The van der Waals surface area contributed by atoms with Gasteiger partial charge in [0, 0.05) is 0 Å². The number of aliphatic hydroxyl groups excluding tert-OH is 3. The maximum Gasteiger partial charge on any atom is 0.335 e. The van der Waals surface area contributed by atoms with Gasteiger partial charge in [-0.3, -0.25) is 4.79 Å². The van der Waals surface area contributed by atoms with Crippen LogP contribution in [-0.2, 0) is 25.7 Å². The minimum absolute atomic E-state index is 0.0900. The third kappa shape index (κ3) is 4.95. The lowest BCUT2D eigenvalue weighted by Crippen LogP contribution is -2.61. The number of aryl methyl sites for hydroxylation is 1. The van der Waals surface area contributed by atoms with E-state index in [4.69, 9.17) is 19.3 Å². The molecule has 0 aromatic heterocycles. The highest BCUT2D eigenvalue weighted by Gasteiger charge is 2.48. The lowest BCUT2D eigenvalue weighted by molar-refractivity contribution is -0.271. The van der Waals surface area contributed by atoms with Crippen LogP contribution in [0.2, 0.25) is 0 Å². The number of hydrogen-bond acceptors (Lipinski definition) is 8. The number of carbonyl (C=O) groups excluding carboxylic acids is 1. The van der Waals surface area contributed by atoms with Crippen LogP contribution in [0.1, 0.15) is 25.0 Å². The molecule has 1 unspecified atom stereocenters. The summed E-state index contributed by atoms with van der Waals surface area (Å²) in [7, 11) is 0.